The third-order valence-corrected chi connectivity index (χ3v) is 9.43. The first-order valence-corrected chi connectivity index (χ1v) is 17.8. The van der Waals surface area contributed by atoms with E-state index in [0.29, 0.717) is 34.5 Å². The van der Waals surface area contributed by atoms with Crippen LogP contribution in [0.2, 0.25) is 0 Å². The number of morpholine rings is 1. The Morgan fingerprint density at radius 1 is 0.849 bits per heavy atom. The lowest BCUT2D eigenvalue weighted by molar-refractivity contribution is 0.0321. The van der Waals surface area contributed by atoms with Crippen LogP contribution in [-0.2, 0) is 17.7 Å². The molecule has 2 amide bonds. The first-order chi connectivity index (χ1) is 25.7. The molecule has 11 nitrogen and oxygen atoms in total. The molecule has 1 aliphatic rings. The van der Waals surface area contributed by atoms with Gasteiger partial charge in [-0.2, -0.15) is 0 Å². The van der Waals surface area contributed by atoms with E-state index >= 15 is 0 Å². The number of hydrogen-bond acceptors (Lipinski definition) is 9. The van der Waals surface area contributed by atoms with Crippen LogP contribution < -0.4 is 25.5 Å². The highest BCUT2D eigenvalue weighted by Gasteiger charge is 2.19. The van der Waals surface area contributed by atoms with Crippen LogP contribution in [0.15, 0.2) is 94.1 Å². The molecule has 11 heteroatoms. The number of fused-ring (bicyclic) bond motifs is 1. The van der Waals surface area contributed by atoms with Crippen molar-refractivity contribution >= 4 is 34.2 Å². The number of carbonyl (C=O) groups is 2. The van der Waals surface area contributed by atoms with Crippen molar-refractivity contribution in [3.63, 3.8) is 0 Å². The van der Waals surface area contributed by atoms with E-state index in [2.05, 4.69) is 33.5 Å². The van der Waals surface area contributed by atoms with E-state index in [4.69, 9.17) is 18.6 Å². The van der Waals surface area contributed by atoms with E-state index in [1.54, 1.807) is 43.5 Å². The van der Waals surface area contributed by atoms with Crippen LogP contribution in [0, 0.1) is 13.8 Å². The number of para-hydroxylation sites is 1. The Hall–Kier alpha value is -5.49. The molecule has 0 bridgehead atoms. The third-order valence-electron chi connectivity index (χ3n) is 9.43. The van der Waals surface area contributed by atoms with Gasteiger partial charge in [0.15, 0.2) is 22.7 Å². The molecule has 4 aromatic carbocycles. The minimum atomic E-state index is -0.625. The first-order valence-electron chi connectivity index (χ1n) is 17.8. The average Bonchev–Trinajstić information content (AvgIpc) is 3.16. The van der Waals surface area contributed by atoms with Gasteiger partial charge in [-0.15, -0.1) is 0 Å². The van der Waals surface area contributed by atoms with E-state index in [0.717, 1.165) is 92.2 Å². The number of nitrogens with one attached hydrogen (secondary N) is 2. The molecule has 0 spiro atoms. The van der Waals surface area contributed by atoms with Gasteiger partial charge in [-0.05, 0) is 98.1 Å². The van der Waals surface area contributed by atoms with E-state index in [-0.39, 0.29) is 17.1 Å². The first kappa shape index (κ1) is 37.3. The molecule has 6 rings (SSSR count). The summed E-state index contributed by atoms with van der Waals surface area (Å²) in [5, 5.41) is 6.12. The maximum Gasteiger partial charge on any atom is 0.291 e. The Balaban J connectivity index is 1.02. The van der Waals surface area contributed by atoms with Gasteiger partial charge in [0, 0.05) is 44.5 Å². The fraction of sp³-hybridized carbons (Fsp3) is 0.310. The molecule has 2 heterocycles. The zero-order valence-electron chi connectivity index (χ0n) is 30.7. The Labute approximate surface area is 309 Å². The second kappa shape index (κ2) is 17.4. The zero-order chi connectivity index (χ0) is 37.3. The van der Waals surface area contributed by atoms with Gasteiger partial charge in [0.2, 0.25) is 0 Å². The number of nitrogens with zero attached hydrogens (tertiary/aromatic N) is 2. The van der Waals surface area contributed by atoms with Crippen LogP contribution in [0.3, 0.4) is 0 Å². The number of amides is 2. The molecule has 5 aromatic rings. The summed E-state index contributed by atoms with van der Waals surface area (Å²) in [6.07, 6.45) is 0.822. The van der Waals surface area contributed by atoms with E-state index in [9.17, 15) is 14.4 Å². The number of anilines is 2. The summed E-state index contributed by atoms with van der Waals surface area (Å²) >= 11 is 0. The van der Waals surface area contributed by atoms with Crippen LogP contribution >= 0.6 is 0 Å². The lowest BCUT2D eigenvalue weighted by Crippen LogP contribution is -2.38. The molecule has 0 atom stereocenters. The quantitative estimate of drug-likeness (QED) is 0.136. The molecular weight excluding hydrogens is 672 g/mol. The second-order valence-electron chi connectivity index (χ2n) is 13.3. The number of methoxy groups -OCH3 is 1. The number of carbonyl (C=O) groups excluding carboxylic acids is 2. The second-order valence-corrected chi connectivity index (χ2v) is 13.3. The lowest BCUT2D eigenvalue weighted by atomic mass is 10.0. The van der Waals surface area contributed by atoms with Crippen molar-refractivity contribution in [2.45, 2.75) is 26.8 Å². The minimum Gasteiger partial charge on any atom is -0.493 e. The fourth-order valence-corrected chi connectivity index (χ4v) is 6.21. The average molecular weight is 719 g/mol. The molecule has 0 radical (unpaired) electrons. The van der Waals surface area contributed by atoms with Gasteiger partial charge in [-0.1, -0.05) is 30.3 Å². The summed E-state index contributed by atoms with van der Waals surface area (Å²) in [5.74, 6) is 0.329. The topological polar surface area (TPSA) is 123 Å². The van der Waals surface area contributed by atoms with E-state index in [1.165, 1.54) is 0 Å². The van der Waals surface area contributed by atoms with Gasteiger partial charge < -0.3 is 34.2 Å². The van der Waals surface area contributed by atoms with Crippen molar-refractivity contribution in [2.75, 3.05) is 70.8 Å². The molecule has 53 heavy (non-hydrogen) atoms. The summed E-state index contributed by atoms with van der Waals surface area (Å²) in [5.41, 5.74) is 5.27. The number of likely N-dealkylation sites (N-methyl/N-ethyl adjacent to an activating group) is 1. The Morgan fingerprint density at radius 2 is 1.58 bits per heavy atom. The summed E-state index contributed by atoms with van der Waals surface area (Å²) in [7, 11) is 3.75. The van der Waals surface area contributed by atoms with Gasteiger partial charge >= 0.3 is 0 Å². The molecular formula is C42H46N4O7. The van der Waals surface area contributed by atoms with Gasteiger partial charge in [-0.25, -0.2) is 0 Å². The van der Waals surface area contributed by atoms with Crippen molar-refractivity contribution in [1.82, 2.24) is 9.80 Å². The molecule has 1 aliphatic heterocycles. The number of benzene rings is 4. The van der Waals surface area contributed by atoms with Gasteiger partial charge in [0.05, 0.1) is 37.0 Å². The molecule has 2 N–H and O–H groups in total. The van der Waals surface area contributed by atoms with E-state index < -0.39 is 5.91 Å². The van der Waals surface area contributed by atoms with Crippen molar-refractivity contribution in [3.05, 3.63) is 129 Å². The zero-order valence-corrected chi connectivity index (χ0v) is 30.7. The van der Waals surface area contributed by atoms with Crippen LogP contribution in [0.1, 0.15) is 43.2 Å². The molecule has 1 saturated heterocycles. The maximum absolute atomic E-state index is 13.5. The highest BCUT2D eigenvalue weighted by Crippen LogP contribution is 2.29. The molecule has 1 fully saturated rings. The SMILES string of the molecule is COc1cc(CN(C)CCc2ccc(NC(=O)c3cc(C)c(C)cc3NC(=O)c3cc(=O)c4ccccc4o3)cc2)ccc1OCCN1CCOCC1. The Morgan fingerprint density at radius 3 is 2.36 bits per heavy atom. The summed E-state index contributed by atoms with van der Waals surface area (Å²) in [4.78, 5) is 43.9. The fourth-order valence-electron chi connectivity index (χ4n) is 6.21. The molecule has 1 aromatic heterocycles. The normalized spacial score (nSPS) is 13.2. The number of hydrogen-bond donors (Lipinski definition) is 2. The van der Waals surface area contributed by atoms with Crippen LogP contribution in [-0.4, -0.2) is 81.8 Å². The third kappa shape index (κ3) is 9.69. The summed E-state index contributed by atoms with van der Waals surface area (Å²) < 4.78 is 22.8. The van der Waals surface area contributed by atoms with Gasteiger partial charge in [0.25, 0.3) is 11.8 Å². The molecule has 0 saturated carbocycles. The number of rotatable bonds is 14. The van der Waals surface area contributed by atoms with Gasteiger partial charge in [0.1, 0.15) is 12.2 Å². The molecule has 0 aliphatic carbocycles. The molecule has 0 unspecified atom stereocenters. The largest absolute Gasteiger partial charge is 0.493 e. The van der Waals surface area contributed by atoms with Crippen LogP contribution in [0.5, 0.6) is 11.5 Å². The maximum atomic E-state index is 13.5. The van der Waals surface area contributed by atoms with Crippen molar-refractivity contribution in [1.29, 1.82) is 0 Å². The number of ether oxygens (including phenoxy) is 3. The summed E-state index contributed by atoms with van der Waals surface area (Å²) in [6, 6.07) is 25.2. The summed E-state index contributed by atoms with van der Waals surface area (Å²) in [6.45, 7) is 10.2. The predicted molar refractivity (Wildman–Crippen MR) is 207 cm³/mol. The Kier molecular flexibility index (Phi) is 12.2. The minimum absolute atomic E-state index is 0.141. The van der Waals surface area contributed by atoms with E-state index in [1.807, 2.05) is 50.2 Å². The highest BCUT2D eigenvalue weighted by molar-refractivity contribution is 6.12. The van der Waals surface area contributed by atoms with Crippen LogP contribution in [0.4, 0.5) is 11.4 Å². The van der Waals surface area contributed by atoms with Crippen molar-refractivity contribution in [3.8, 4) is 11.5 Å². The lowest BCUT2D eigenvalue weighted by Gasteiger charge is -2.26. The van der Waals surface area contributed by atoms with Crippen molar-refractivity contribution in [2.24, 2.45) is 0 Å². The number of aryl methyl sites for hydroxylation is 2. The highest BCUT2D eigenvalue weighted by atomic mass is 16.5. The monoisotopic (exact) mass is 718 g/mol. The standard InChI is InChI=1S/C42H46N4O7/c1-28-23-34(35(24-29(28)2)44-42(49)40-26-36(47)33-7-5-6-8-37(33)53-40)41(48)43-32-12-9-30(10-13-32)15-16-45(3)27-31-11-14-38(39(25-31)50-4)52-22-19-46-17-20-51-21-18-46/h5-14,23-26H,15-22,27H2,1-4H3,(H,43,48)(H,44,49). The van der Waals surface area contributed by atoms with Crippen LogP contribution in [0.25, 0.3) is 11.0 Å². The smallest absolute Gasteiger partial charge is 0.291 e. The predicted octanol–water partition coefficient (Wildman–Crippen LogP) is 6.31. The van der Waals surface area contributed by atoms with Gasteiger partial charge in [-0.3, -0.25) is 19.3 Å². The molecule has 276 valence electrons. The van der Waals surface area contributed by atoms with Crippen molar-refractivity contribution < 1.29 is 28.2 Å². The Bertz CT molecular complexity index is 2120.